The maximum Gasteiger partial charge on any atom is 0.328 e. The van der Waals surface area contributed by atoms with Gasteiger partial charge in [-0.05, 0) is 13.3 Å². The molecule has 0 aliphatic rings. The number of hydrogen-bond acceptors (Lipinski definition) is 5. The van der Waals surface area contributed by atoms with E-state index < -0.39 is 5.69 Å². The Bertz CT molecular complexity index is 671. The van der Waals surface area contributed by atoms with Gasteiger partial charge in [-0.1, -0.05) is 6.92 Å². The fraction of sp³-hybridized carbons (Fsp3) is 0.417. The number of anilines is 1. The summed E-state index contributed by atoms with van der Waals surface area (Å²) in [5.74, 6) is 0. The van der Waals surface area contributed by atoms with Crippen LogP contribution >= 0.6 is 11.3 Å². The van der Waals surface area contributed by atoms with Crippen molar-refractivity contribution in [2.24, 2.45) is 0 Å². The Hall–Kier alpha value is -1.89. The molecule has 0 aliphatic carbocycles. The van der Waals surface area contributed by atoms with E-state index in [1.165, 1.54) is 15.9 Å². The molecule has 0 radical (unpaired) electrons. The minimum atomic E-state index is -0.396. The zero-order valence-corrected chi connectivity index (χ0v) is 11.7. The molecule has 7 heteroatoms. The van der Waals surface area contributed by atoms with Crippen molar-refractivity contribution < 1.29 is 0 Å². The molecule has 0 spiro atoms. The van der Waals surface area contributed by atoms with E-state index in [2.05, 4.69) is 22.2 Å². The zero-order valence-electron chi connectivity index (χ0n) is 10.9. The van der Waals surface area contributed by atoms with Crippen molar-refractivity contribution in [3.05, 3.63) is 43.7 Å². The number of hydrogen-bond donors (Lipinski definition) is 2. The molecule has 6 nitrogen and oxygen atoms in total. The van der Waals surface area contributed by atoms with Crippen molar-refractivity contribution in [2.75, 3.05) is 11.9 Å². The van der Waals surface area contributed by atoms with Crippen molar-refractivity contribution in [1.82, 2.24) is 14.5 Å². The largest absolute Gasteiger partial charge is 0.362 e. The third kappa shape index (κ3) is 3.31. The van der Waals surface area contributed by atoms with Crippen LogP contribution in [0.5, 0.6) is 0 Å². The van der Waals surface area contributed by atoms with Crippen molar-refractivity contribution in [1.29, 1.82) is 0 Å². The molecule has 0 aromatic carbocycles. The number of aryl methyl sites for hydroxylation is 1. The number of aromatic nitrogens is 3. The highest BCUT2D eigenvalue weighted by molar-refractivity contribution is 7.15. The highest BCUT2D eigenvalue weighted by Crippen LogP contribution is 2.18. The molecule has 102 valence electrons. The molecule has 2 aromatic heterocycles. The van der Waals surface area contributed by atoms with Crippen LogP contribution in [0.1, 0.15) is 23.8 Å². The van der Waals surface area contributed by atoms with Crippen LogP contribution in [0.25, 0.3) is 0 Å². The number of aromatic amines is 1. The van der Waals surface area contributed by atoms with Gasteiger partial charge in [0.15, 0.2) is 5.13 Å². The first-order valence-corrected chi connectivity index (χ1v) is 6.90. The van der Waals surface area contributed by atoms with E-state index >= 15 is 0 Å². The lowest BCUT2D eigenvalue weighted by Crippen LogP contribution is -2.30. The topological polar surface area (TPSA) is 79.8 Å². The molecule has 0 unspecified atom stereocenters. The average Bonchev–Trinajstić information content (AvgIpc) is 2.81. The predicted molar refractivity (Wildman–Crippen MR) is 76.1 cm³/mol. The molecule has 0 atom stereocenters. The third-order valence-corrected chi connectivity index (χ3v) is 3.53. The number of nitrogens with zero attached hydrogens (tertiary/aromatic N) is 2. The van der Waals surface area contributed by atoms with Gasteiger partial charge in [-0.15, -0.1) is 11.3 Å². The van der Waals surface area contributed by atoms with Gasteiger partial charge >= 0.3 is 5.69 Å². The van der Waals surface area contributed by atoms with E-state index in [1.807, 2.05) is 0 Å². The maximum atomic E-state index is 11.7. The Morgan fingerprint density at radius 3 is 3.00 bits per heavy atom. The van der Waals surface area contributed by atoms with Gasteiger partial charge in [0.05, 0.1) is 6.54 Å². The van der Waals surface area contributed by atoms with Gasteiger partial charge in [-0.2, -0.15) is 0 Å². The maximum absolute atomic E-state index is 11.7. The van der Waals surface area contributed by atoms with Crippen molar-refractivity contribution in [3.8, 4) is 0 Å². The van der Waals surface area contributed by atoms with Crippen LogP contribution in [0.4, 0.5) is 5.13 Å². The molecule has 2 N–H and O–H groups in total. The molecule has 19 heavy (non-hydrogen) atoms. The number of rotatable bonds is 5. The van der Waals surface area contributed by atoms with Crippen LogP contribution in [-0.2, 0) is 6.54 Å². The highest BCUT2D eigenvalue weighted by atomic mass is 32.1. The van der Waals surface area contributed by atoms with E-state index in [0.29, 0.717) is 12.1 Å². The second-order valence-electron chi connectivity index (χ2n) is 4.26. The average molecular weight is 280 g/mol. The Kier molecular flexibility index (Phi) is 4.16. The first-order chi connectivity index (χ1) is 9.10. The van der Waals surface area contributed by atoms with Crippen LogP contribution in [0, 0.1) is 6.92 Å². The van der Waals surface area contributed by atoms with Crippen LogP contribution < -0.4 is 16.6 Å². The molecule has 0 bridgehead atoms. The summed E-state index contributed by atoms with van der Waals surface area (Å²) in [5, 5.41) is 4.05. The smallest absolute Gasteiger partial charge is 0.328 e. The van der Waals surface area contributed by atoms with Crippen LogP contribution in [-0.4, -0.2) is 21.1 Å². The molecule has 0 fully saturated rings. The summed E-state index contributed by atoms with van der Waals surface area (Å²) in [6.45, 7) is 5.06. The third-order valence-electron chi connectivity index (χ3n) is 2.59. The fourth-order valence-electron chi connectivity index (χ4n) is 1.60. The monoisotopic (exact) mass is 280 g/mol. The van der Waals surface area contributed by atoms with E-state index in [-0.39, 0.29) is 5.56 Å². The molecule has 0 amide bonds. The van der Waals surface area contributed by atoms with Gasteiger partial charge in [0.2, 0.25) is 0 Å². The number of nitrogens with one attached hydrogen (secondary N) is 2. The van der Waals surface area contributed by atoms with Crippen molar-refractivity contribution >= 4 is 16.5 Å². The minimum absolute atomic E-state index is 0.337. The van der Waals surface area contributed by atoms with E-state index in [9.17, 15) is 9.59 Å². The molecule has 2 aromatic rings. The SMILES string of the molecule is CCCNc1ncc(Cn2cc(C)c(=O)[nH]c2=O)s1. The summed E-state index contributed by atoms with van der Waals surface area (Å²) in [6.07, 6.45) is 4.35. The zero-order chi connectivity index (χ0) is 13.8. The molecule has 0 saturated carbocycles. The first kappa shape index (κ1) is 13.5. The van der Waals surface area contributed by atoms with Gasteiger partial charge in [-0.3, -0.25) is 14.3 Å². The lowest BCUT2D eigenvalue weighted by atomic mass is 10.4. The molecule has 0 aliphatic heterocycles. The molecular formula is C12H16N4O2S. The van der Waals surface area contributed by atoms with E-state index in [1.54, 1.807) is 19.3 Å². The fourth-order valence-corrected chi connectivity index (χ4v) is 2.44. The summed E-state index contributed by atoms with van der Waals surface area (Å²) in [6, 6.07) is 0. The summed E-state index contributed by atoms with van der Waals surface area (Å²) < 4.78 is 1.48. The number of H-pyrrole nitrogens is 1. The Morgan fingerprint density at radius 1 is 1.47 bits per heavy atom. The van der Waals surface area contributed by atoms with E-state index in [4.69, 9.17) is 0 Å². The van der Waals surface area contributed by atoms with E-state index in [0.717, 1.165) is 23.0 Å². The minimum Gasteiger partial charge on any atom is -0.362 e. The quantitative estimate of drug-likeness (QED) is 0.861. The second kappa shape index (κ2) is 5.83. The normalized spacial score (nSPS) is 10.6. The van der Waals surface area contributed by atoms with Crippen molar-refractivity contribution in [3.63, 3.8) is 0 Å². The van der Waals surface area contributed by atoms with Gasteiger partial charge < -0.3 is 5.32 Å². The molecule has 2 rings (SSSR count). The summed E-state index contributed by atoms with van der Waals surface area (Å²) >= 11 is 1.51. The summed E-state index contributed by atoms with van der Waals surface area (Å²) in [5.41, 5.74) is -0.212. The van der Waals surface area contributed by atoms with Gasteiger partial charge in [0, 0.05) is 29.4 Å². The van der Waals surface area contributed by atoms with Gasteiger partial charge in [0.25, 0.3) is 5.56 Å². The standard InChI is InChI=1S/C12H16N4O2S/c1-3-4-13-11-14-5-9(19-11)7-16-6-8(2)10(17)15-12(16)18/h5-6H,3-4,7H2,1-2H3,(H,13,14)(H,15,17,18). The van der Waals surface area contributed by atoms with Gasteiger partial charge in [-0.25, -0.2) is 9.78 Å². The molecular weight excluding hydrogens is 264 g/mol. The van der Waals surface area contributed by atoms with Crippen LogP contribution in [0.3, 0.4) is 0 Å². The lowest BCUT2D eigenvalue weighted by Gasteiger charge is -2.03. The van der Waals surface area contributed by atoms with Crippen molar-refractivity contribution in [2.45, 2.75) is 26.8 Å². The lowest BCUT2D eigenvalue weighted by molar-refractivity contribution is 0.720. The predicted octanol–water partition coefficient (Wildman–Crippen LogP) is 1.17. The Balaban J connectivity index is 2.17. The van der Waals surface area contributed by atoms with Crippen LogP contribution in [0.2, 0.25) is 0 Å². The highest BCUT2D eigenvalue weighted by Gasteiger charge is 2.05. The Labute approximate surface area is 114 Å². The van der Waals surface area contributed by atoms with Crippen LogP contribution in [0.15, 0.2) is 22.0 Å². The second-order valence-corrected chi connectivity index (χ2v) is 5.37. The molecule has 2 heterocycles. The Morgan fingerprint density at radius 2 is 2.26 bits per heavy atom. The number of thiazole rings is 1. The van der Waals surface area contributed by atoms with Gasteiger partial charge in [0.1, 0.15) is 0 Å². The first-order valence-electron chi connectivity index (χ1n) is 6.09. The summed E-state index contributed by atoms with van der Waals surface area (Å²) in [4.78, 5) is 30.4. The summed E-state index contributed by atoms with van der Waals surface area (Å²) in [7, 11) is 0. The molecule has 0 saturated heterocycles.